The Balaban J connectivity index is 0.664. The topological polar surface area (TPSA) is 221 Å². The molecule has 1 aromatic heterocycles. The molecule has 2 saturated heterocycles. The number of nitrogens with one attached hydrogen (secondary N) is 4. The number of para-hydroxylation sites is 1. The van der Waals surface area contributed by atoms with E-state index in [2.05, 4.69) is 20.9 Å². The number of aromatic nitrogens is 1. The lowest BCUT2D eigenvalue weighted by Crippen LogP contribution is -2.53. The number of imide groups is 1. The molecule has 4 aromatic rings. The Labute approximate surface area is 372 Å². The molecule has 21 heteroatoms. The van der Waals surface area contributed by atoms with Crippen molar-refractivity contribution in [3.8, 4) is 17.2 Å². The van der Waals surface area contributed by atoms with E-state index in [1.165, 1.54) is 5.06 Å². The number of H-pyrrole nitrogens is 1. The standard InChI is InChI=1S/C44H52F2N6O13/c45-31-23-29(24-32(46)27-31)28-48-43(56)44(57)11-13-51(65-44)33-7-8-34-30(25-33)26-35(49-34)41(54)47-12-2-1-3-14-58-15-16-59-17-18-60-19-20-61-21-22-62-37-5-4-6-38-40(37)64-52(63-38)36-9-10-39(53)50-42(36)55/h4-8,23-27,36,49,57H,1-3,9-22,28H2,(H,47,54)(H,48,56)(H,50,53,55). The fourth-order valence-corrected chi connectivity index (χ4v) is 7.06. The number of rotatable bonds is 25. The first-order valence-corrected chi connectivity index (χ1v) is 21.4. The molecule has 0 saturated carbocycles. The van der Waals surface area contributed by atoms with Gasteiger partial charge in [-0.25, -0.2) is 13.6 Å². The Morgan fingerprint density at radius 2 is 1.55 bits per heavy atom. The van der Waals surface area contributed by atoms with Crippen LogP contribution in [0.25, 0.3) is 10.9 Å². The number of aromatic amines is 1. The van der Waals surface area contributed by atoms with Crippen molar-refractivity contribution in [1.82, 2.24) is 26.2 Å². The lowest BCUT2D eigenvalue weighted by molar-refractivity contribution is -0.252. The van der Waals surface area contributed by atoms with E-state index in [1.54, 1.807) is 42.5 Å². The molecule has 3 aliphatic rings. The summed E-state index contributed by atoms with van der Waals surface area (Å²) in [4.78, 5) is 69.3. The number of benzene rings is 3. The fourth-order valence-electron chi connectivity index (χ4n) is 7.06. The van der Waals surface area contributed by atoms with Crippen LogP contribution in [-0.4, -0.2) is 123 Å². The molecule has 7 rings (SSSR count). The van der Waals surface area contributed by atoms with Gasteiger partial charge >= 0.3 is 0 Å². The number of fused-ring (bicyclic) bond motifs is 2. The lowest BCUT2D eigenvalue weighted by Gasteiger charge is -2.25. The van der Waals surface area contributed by atoms with Crippen molar-refractivity contribution in [2.75, 3.05) is 77.6 Å². The SMILES string of the molecule is O=C1CCC(N2Oc3cccc(OCCOCCOCCOCCOCCCCCNC(=O)c4cc5cc(N6CCC(O)(C(=O)NCc7cc(F)cc(F)c7)O6)ccc5[nH]4)c3O2)C(=O)N1. The van der Waals surface area contributed by atoms with Gasteiger partial charge in [0.05, 0.1) is 58.5 Å². The summed E-state index contributed by atoms with van der Waals surface area (Å²) >= 11 is 0. The number of aliphatic hydroxyl groups is 1. The van der Waals surface area contributed by atoms with E-state index in [-0.39, 0.29) is 56.3 Å². The molecule has 350 valence electrons. The molecule has 65 heavy (non-hydrogen) atoms. The van der Waals surface area contributed by atoms with Gasteiger partial charge in [-0.1, -0.05) is 6.07 Å². The number of hydrogen-bond donors (Lipinski definition) is 5. The molecule has 0 radical (unpaired) electrons. The fraction of sp³-hybridized carbons (Fsp3) is 0.455. The third-order valence-electron chi connectivity index (χ3n) is 10.4. The number of carbonyl (C=O) groups excluding carboxylic acids is 4. The van der Waals surface area contributed by atoms with Gasteiger partial charge in [0, 0.05) is 54.7 Å². The summed E-state index contributed by atoms with van der Waals surface area (Å²) in [7, 11) is 0. The van der Waals surface area contributed by atoms with Crippen LogP contribution in [0.15, 0.2) is 60.7 Å². The van der Waals surface area contributed by atoms with Gasteiger partial charge < -0.3 is 54.1 Å². The Kier molecular flexibility index (Phi) is 16.5. The highest BCUT2D eigenvalue weighted by Crippen LogP contribution is 2.43. The summed E-state index contributed by atoms with van der Waals surface area (Å²) in [6.45, 7) is 4.13. The second-order valence-electron chi connectivity index (χ2n) is 15.3. The number of hydroxylamine groups is 3. The number of carbonyl (C=O) groups is 4. The highest BCUT2D eigenvalue weighted by molar-refractivity contribution is 6.00. The van der Waals surface area contributed by atoms with E-state index in [4.69, 9.17) is 38.2 Å². The summed E-state index contributed by atoms with van der Waals surface area (Å²) in [5.74, 6) is -4.43. The molecule has 3 aliphatic heterocycles. The Hall–Kier alpha value is -5.94. The predicted molar refractivity (Wildman–Crippen MR) is 225 cm³/mol. The van der Waals surface area contributed by atoms with Crippen LogP contribution in [-0.2, 0) is 44.7 Å². The number of piperidine rings is 1. The maximum Gasteiger partial charge on any atom is 0.282 e. The molecule has 2 fully saturated rings. The van der Waals surface area contributed by atoms with Crippen LogP contribution in [0.3, 0.4) is 0 Å². The van der Waals surface area contributed by atoms with Crippen molar-refractivity contribution < 1.29 is 71.3 Å². The van der Waals surface area contributed by atoms with E-state index < -0.39 is 35.3 Å². The van der Waals surface area contributed by atoms with Gasteiger partial charge in [-0.3, -0.25) is 29.6 Å². The normalized spacial score (nSPS) is 18.3. The summed E-state index contributed by atoms with van der Waals surface area (Å²) < 4.78 is 55.1. The molecule has 4 amide bonds. The lowest BCUT2D eigenvalue weighted by atomic mass is 10.1. The quantitative estimate of drug-likeness (QED) is 0.0476. The Morgan fingerprint density at radius 3 is 2.29 bits per heavy atom. The van der Waals surface area contributed by atoms with Gasteiger partial charge in [0.2, 0.25) is 11.7 Å². The molecule has 3 aromatic carbocycles. The van der Waals surface area contributed by atoms with Gasteiger partial charge in [0.1, 0.15) is 23.9 Å². The largest absolute Gasteiger partial charge is 0.487 e. The minimum atomic E-state index is -2.17. The number of ether oxygens (including phenoxy) is 5. The summed E-state index contributed by atoms with van der Waals surface area (Å²) in [5.41, 5.74) is 1.86. The molecular weight excluding hydrogens is 859 g/mol. The van der Waals surface area contributed by atoms with E-state index in [9.17, 15) is 33.1 Å². The van der Waals surface area contributed by atoms with E-state index in [0.29, 0.717) is 88.0 Å². The second kappa shape index (κ2) is 22.8. The van der Waals surface area contributed by atoms with Gasteiger partial charge in [-0.15, -0.1) is 0 Å². The van der Waals surface area contributed by atoms with E-state index in [0.717, 1.165) is 53.6 Å². The van der Waals surface area contributed by atoms with Gasteiger partial charge in [0.15, 0.2) is 17.5 Å². The van der Waals surface area contributed by atoms with Crippen LogP contribution in [0.5, 0.6) is 17.2 Å². The number of hydrogen-bond acceptors (Lipinski definition) is 15. The van der Waals surface area contributed by atoms with Crippen LogP contribution in [0.4, 0.5) is 14.5 Å². The average molecular weight is 911 g/mol. The first kappa shape index (κ1) is 47.0. The maximum absolute atomic E-state index is 13.5. The first-order chi connectivity index (χ1) is 31.5. The second-order valence-corrected chi connectivity index (χ2v) is 15.3. The van der Waals surface area contributed by atoms with Crippen molar-refractivity contribution in [3.63, 3.8) is 0 Å². The monoisotopic (exact) mass is 910 g/mol. The highest BCUT2D eigenvalue weighted by atomic mass is 19.1. The van der Waals surface area contributed by atoms with Gasteiger partial charge in [-0.05, 0) is 79.8 Å². The molecule has 2 unspecified atom stereocenters. The number of unbranched alkanes of at least 4 members (excludes halogenated alkanes) is 2. The molecule has 0 bridgehead atoms. The van der Waals surface area contributed by atoms with Gasteiger partial charge in [-0.2, -0.15) is 0 Å². The highest BCUT2D eigenvalue weighted by Gasteiger charge is 2.45. The van der Waals surface area contributed by atoms with Crippen molar-refractivity contribution in [2.24, 2.45) is 0 Å². The zero-order valence-electron chi connectivity index (χ0n) is 35.6. The van der Waals surface area contributed by atoms with Crippen LogP contribution < -0.4 is 35.4 Å². The molecule has 4 heterocycles. The first-order valence-electron chi connectivity index (χ1n) is 21.4. The smallest absolute Gasteiger partial charge is 0.282 e. The maximum atomic E-state index is 13.5. The molecule has 0 spiro atoms. The zero-order chi connectivity index (χ0) is 45.6. The zero-order valence-corrected chi connectivity index (χ0v) is 35.6. The van der Waals surface area contributed by atoms with E-state index >= 15 is 0 Å². The number of amides is 4. The number of nitrogens with zero attached hydrogens (tertiary/aromatic N) is 2. The third kappa shape index (κ3) is 13.1. The van der Waals surface area contributed by atoms with Crippen LogP contribution in [0, 0.1) is 11.6 Å². The number of halogens is 2. The van der Waals surface area contributed by atoms with Crippen molar-refractivity contribution in [2.45, 2.75) is 56.9 Å². The Morgan fingerprint density at radius 1 is 0.831 bits per heavy atom. The van der Waals surface area contributed by atoms with Crippen LogP contribution >= 0.6 is 0 Å². The molecular formula is C44H52F2N6O13. The van der Waals surface area contributed by atoms with Gasteiger partial charge in [0.25, 0.3) is 23.5 Å². The summed E-state index contributed by atoms with van der Waals surface area (Å²) in [6.07, 6.45) is 2.90. The molecule has 19 nitrogen and oxygen atoms in total. The molecule has 5 N–H and O–H groups in total. The molecule has 2 atom stereocenters. The average Bonchev–Trinajstić information content (AvgIpc) is 4.03. The van der Waals surface area contributed by atoms with Crippen LogP contribution in [0.2, 0.25) is 0 Å². The third-order valence-corrected chi connectivity index (χ3v) is 10.4. The predicted octanol–water partition coefficient (Wildman–Crippen LogP) is 3.35. The summed E-state index contributed by atoms with van der Waals surface area (Å²) in [5, 5.41) is 21.7. The molecule has 0 aliphatic carbocycles. The summed E-state index contributed by atoms with van der Waals surface area (Å²) in [6, 6.07) is 14.3. The van der Waals surface area contributed by atoms with Crippen molar-refractivity contribution in [3.05, 3.63) is 83.6 Å². The minimum Gasteiger partial charge on any atom is -0.487 e. The minimum absolute atomic E-state index is 0.0441. The van der Waals surface area contributed by atoms with E-state index in [1.807, 2.05) is 0 Å². The van der Waals surface area contributed by atoms with Crippen LogP contribution in [0.1, 0.15) is 54.6 Å². The Bertz CT molecular complexity index is 2260. The van der Waals surface area contributed by atoms with Crippen molar-refractivity contribution in [1.29, 1.82) is 0 Å². The number of anilines is 1. The van der Waals surface area contributed by atoms with Crippen molar-refractivity contribution >= 4 is 40.2 Å².